The molecule has 0 unspecified atom stereocenters. The highest BCUT2D eigenvalue weighted by atomic mass is 16.5. The highest BCUT2D eigenvalue weighted by Crippen LogP contribution is 2.27. The van der Waals surface area contributed by atoms with Gasteiger partial charge in [0, 0.05) is 39.8 Å². The van der Waals surface area contributed by atoms with Crippen LogP contribution >= 0.6 is 0 Å². The number of phenols is 1. The molecule has 0 amide bonds. The van der Waals surface area contributed by atoms with Crippen LogP contribution in [0.15, 0.2) is 47.5 Å². The number of phenolic OH excluding ortho intramolecular Hbond substituents is 1. The summed E-state index contributed by atoms with van der Waals surface area (Å²) >= 11 is 0. The maximum absolute atomic E-state index is 10.1. The summed E-state index contributed by atoms with van der Waals surface area (Å²) in [5.41, 5.74) is 1.99. The lowest BCUT2D eigenvalue weighted by atomic mass is 10.1. The Hall–Kier alpha value is -3.09. The maximum Gasteiger partial charge on any atom is 0.193 e. The van der Waals surface area contributed by atoms with Crippen LogP contribution in [0, 0.1) is 0 Å². The average Bonchev–Trinajstić information content (AvgIpc) is 2.77. The number of guanidine groups is 1. The van der Waals surface area contributed by atoms with Gasteiger partial charge in [0.05, 0.1) is 19.9 Å². The third-order valence-corrected chi connectivity index (χ3v) is 5.18. The number of hydrogen-bond acceptors (Lipinski definition) is 5. The molecule has 0 bridgehead atoms. The number of hydrogen-bond donors (Lipinski definition) is 2. The van der Waals surface area contributed by atoms with Gasteiger partial charge >= 0.3 is 0 Å². The number of para-hydroxylation sites is 2. The molecular formula is C22H30N4O3. The fraction of sp³-hybridized carbons (Fsp3) is 0.409. The van der Waals surface area contributed by atoms with Gasteiger partial charge in [0.25, 0.3) is 0 Å². The summed E-state index contributed by atoms with van der Waals surface area (Å²) < 4.78 is 10.8. The molecule has 2 N–H and O–H groups in total. The van der Waals surface area contributed by atoms with Gasteiger partial charge in [-0.1, -0.05) is 12.1 Å². The average molecular weight is 399 g/mol. The van der Waals surface area contributed by atoms with Crippen molar-refractivity contribution in [3.8, 4) is 17.2 Å². The number of piperazine rings is 1. The van der Waals surface area contributed by atoms with Gasteiger partial charge < -0.3 is 29.7 Å². The summed E-state index contributed by atoms with van der Waals surface area (Å²) in [6, 6.07) is 13.3. The van der Waals surface area contributed by atoms with Gasteiger partial charge in [0.15, 0.2) is 5.96 Å². The number of nitrogens with one attached hydrogen (secondary N) is 1. The number of aromatic hydroxyl groups is 1. The third-order valence-electron chi connectivity index (χ3n) is 5.18. The van der Waals surface area contributed by atoms with E-state index < -0.39 is 0 Å². The Bertz CT molecular complexity index is 833. The molecular weight excluding hydrogens is 368 g/mol. The van der Waals surface area contributed by atoms with E-state index in [1.54, 1.807) is 20.3 Å². The van der Waals surface area contributed by atoms with Crippen LogP contribution in [0.1, 0.15) is 5.56 Å². The van der Waals surface area contributed by atoms with Crippen molar-refractivity contribution >= 4 is 11.6 Å². The first kappa shape index (κ1) is 20.6. The van der Waals surface area contributed by atoms with Crippen molar-refractivity contribution in [3.05, 3.63) is 48.0 Å². The van der Waals surface area contributed by atoms with E-state index in [1.807, 2.05) is 43.4 Å². The van der Waals surface area contributed by atoms with E-state index in [4.69, 9.17) is 9.47 Å². The fourth-order valence-corrected chi connectivity index (χ4v) is 3.61. The van der Waals surface area contributed by atoms with Crippen LogP contribution in [0.25, 0.3) is 0 Å². The second kappa shape index (κ2) is 9.91. The SMILES string of the molecule is CN=C(NCCc1cc(OC)ccc1OC)N1CCN(c2ccccc2O)CC1. The Kier molecular flexibility index (Phi) is 7.05. The van der Waals surface area contributed by atoms with Crippen LogP contribution in [0.4, 0.5) is 5.69 Å². The summed E-state index contributed by atoms with van der Waals surface area (Å²) in [7, 11) is 5.16. The summed E-state index contributed by atoms with van der Waals surface area (Å²) in [6.45, 7) is 4.10. The van der Waals surface area contributed by atoms with E-state index >= 15 is 0 Å². The Balaban J connectivity index is 1.54. The lowest BCUT2D eigenvalue weighted by Gasteiger charge is -2.37. The van der Waals surface area contributed by atoms with Crippen molar-refractivity contribution in [2.45, 2.75) is 6.42 Å². The van der Waals surface area contributed by atoms with E-state index in [0.717, 1.165) is 67.9 Å². The zero-order chi connectivity index (χ0) is 20.6. The molecule has 0 aliphatic carbocycles. The first-order valence-electron chi connectivity index (χ1n) is 9.85. The molecule has 2 aromatic carbocycles. The zero-order valence-electron chi connectivity index (χ0n) is 17.4. The van der Waals surface area contributed by atoms with Crippen molar-refractivity contribution in [3.63, 3.8) is 0 Å². The number of aliphatic imine (C=N–C) groups is 1. The summed E-state index contributed by atoms with van der Waals surface area (Å²) in [5.74, 6) is 2.91. The standard InChI is InChI=1S/C22H30N4O3/c1-23-22(24-11-10-17-16-18(28-2)8-9-21(17)29-3)26-14-12-25(13-15-26)19-6-4-5-7-20(19)27/h4-9,16,27H,10-15H2,1-3H3,(H,23,24). The fourth-order valence-electron chi connectivity index (χ4n) is 3.61. The normalized spacial score (nSPS) is 14.7. The Labute approximate surface area is 172 Å². The van der Waals surface area contributed by atoms with Crippen LogP contribution in [0.3, 0.4) is 0 Å². The minimum Gasteiger partial charge on any atom is -0.506 e. The van der Waals surface area contributed by atoms with Crippen LogP contribution in [-0.2, 0) is 6.42 Å². The zero-order valence-corrected chi connectivity index (χ0v) is 17.4. The van der Waals surface area contributed by atoms with Gasteiger partial charge in [0.1, 0.15) is 17.2 Å². The van der Waals surface area contributed by atoms with Gasteiger partial charge in [-0.05, 0) is 42.3 Å². The van der Waals surface area contributed by atoms with Gasteiger partial charge in [0.2, 0.25) is 0 Å². The Morgan fingerprint density at radius 2 is 1.83 bits per heavy atom. The molecule has 0 spiro atoms. The molecule has 7 nitrogen and oxygen atoms in total. The predicted molar refractivity (Wildman–Crippen MR) is 117 cm³/mol. The van der Waals surface area contributed by atoms with Gasteiger partial charge in [-0.2, -0.15) is 0 Å². The lowest BCUT2D eigenvalue weighted by Crippen LogP contribution is -2.52. The topological polar surface area (TPSA) is 69.6 Å². The molecule has 1 saturated heterocycles. The van der Waals surface area contributed by atoms with Gasteiger partial charge in [-0.25, -0.2) is 0 Å². The van der Waals surface area contributed by atoms with E-state index in [1.165, 1.54) is 0 Å². The predicted octanol–water partition coefficient (Wildman–Crippen LogP) is 2.35. The molecule has 0 radical (unpaired) electrons. The molecule has 0 saturated carbocycles. The first-order valence-corrected chi connectivity index (χ1v) is 9.85. The van der Waals surface area contributed by atoms with Crippen molar-refractivity contribution in [2.24, 2.45) is 4.99 Å². The second-order valence-electron chi connectivity index (χ2n) is 6.86. The highest BCUT2D eigenvalue weighted by molar-refractivity contribution is 5.80. The second-order valence-corrected chi connectivity index (χ2v) is 6.86. The maximum atomic E-state index is 10.1. The van der Waals surface area contributed by atoms with E-state index in [0.29, 0.717) is 5.75 Å². The number of ether oxygens (including phenoxy) is 2. The summed E-state index contributed by atoms with van der Waals surface area (Å²) in [6.07, 6.45) is 0.803. The molecule has 156 valence electrons. The number of nitrogens with zero attached hydrogens (tertiary/aromatic N) is 3. The summed E-state index contributed by atoms with van der Waals surface area (Å²) in [4.78, 5) is 8.90. The van der Waals surface area contributed by atoms with Gasteiger partial charge in [-0.3, -0.25) is 4.99 Å². The summed E-state index contributed by atoms with van der Waals surface area (Å²) in [5, 5.41) is 13.5. The van der Waals surface area contributed by atoms with E-state index in [-0.39, 0.29) is 0 Å². The van der Waals surface area contributed by atoms with Crippen LogP contribution in [-0.4, -0.2) is 70.0 Å². The van der Waals surface area contributed by atoms with Crippen molar-refractivity contribution in [2.75, 3.05) is 58.9 Å². The first-order chi connectivity index (χ1) is 14.2. The third kappa shape index (κ3) is 5.04. The lowest BCUT2D eigenvalue weighted by molar-refractivity contribution is 0.369. The minimum absolute atomic E-state index is 0.329. The van der Waals surface area contributed by atoms with E-state index in [2.05, 4.69) is 20.1 Å². The molecule has 1 fully saturated rings. The number of anilines is 1. The molecule has 1 aliphatic rings. The number of methoxy groups -OCH3 is 2. The van der Waals surface area contributed by atoms with Crippen molar-refractivity contribution in [1.29, 1.82) is 0 Å². The molecule has 0 aromatic heterocycles. The number of rotatable bonds is 6. The van der Waals surface area contributed by atoms with Crippen LogP contribution in [0.5, 0.6) is 17.2 Å². The molecule has 0 atom stereocenters. The van der Waals surface area contributed by atoms with Gasteiger partial charge in [-0.15, -0.1) is 0 Å². The van der Waals surface area contributed by atoms with E-state index in [9.17, 15) is 5.11 Å². The minimum atomic E-state index is 0.329. The molecule has 1 aliphatic heterocycles. The molecule has 29 heavy (non-hydrogen) atoms. The smallest absolute Gasteiger partial charge is 0.193 e. The van der Waals surface area contributed by atoms with Crippen molar-refractivity contribution in [1.82, 2.24) is 10.2 Å². The van der Waals surface area contributed by atoms with Crippen LogP contribution < -0.4 is 19.7 Å². The van der Waals surface area contributed by atoms with Crippen molar-refractivity contribution < 1.29 is 14.6 Å². The molecule has 1 heterocycles. The number of benzene rings is 2. The highest BCUT2D eigenvalue weighted by Gasteiger charge is 2.21. The van der Waals surface area contributed by atoms with Crippen LogP contribution in [0.2, 0.25) is 0 Å². The molecule has 3 rings (SSSR count). The Morgan fingerprint density at radius 3 is 2.48 bits per heavy atom. The quantitative estimate of drug-likeness (QED) is 0.575. The molecule has 7 heteroatoms. The monoisotopic (exact) mass is 398 g/mol. The Morgan fingerprint density at radius 1 is 1.07 bits per heavy atom. The molecule has 2 aromatic rings. The largest absolute Gasteiger partial charge is 0.506 e.